The lowest BCUT2D eigenvalue weighted by Gasteiger charge is -2.14. The number of aliphatic hydroxyl groups excluding tert-OH is 1. The van der Waals surface area contributed by atoms with Gasteiger partial charge in [-0.25, -0.2) is 0 Å². The number of hydrogen-bond acceptors (Lipinski definition) is 3. The van der Waals surface area contributed by atoms with Crippen LogP contribution in [-0.4, -0.2) is 29.7 Å². The molecule has 4 nitrogen and oxygen atoms in total. The van der Waals surface area contributed by atoms with E-state index < -0.39 is 0 Å². The van der Waals surface area contributed by atoms with Gasteiger partial charge in [-0.3, -0.25) is 4.79 Å². The normalized spacial score (nSPS) is 16.3. The van der Waals surface area contributed by atoms with Crippen LogP contribution in [0.15, 0.2) is 0 Å². The van der Waals surface area contributed by atoms with Gasteiger partial charge in [-0.15, -0.1) is 0 Å². The predicted molar refractivity (Wildman–Crippen MR) is 70.6 cm³/mol. The SMILES string of the molecule is CCC(O)CCNC(=O)C(C)CCCC(C)N. The fraction of sp³-hybridized carbons (Fsp3) is 0.923. The van der Waals surface area contributed by atoms with Crippen molar-refractivity contribution in [1.29, 1.82) is 0 Å². The van der Waals surface area contributed by atoms with Crippen molar-refractivity contribution < 1.29 is 9.90 Å². The Morgan fingerprint density at radius 2 is 1.94 bits per heavy atom. The van der Waals surface area contributed by atoms with Crippen LogP contribution in [0.25, 0.3) is 0 Å². The van der Waals surface area contributed by atoms with E-state index in [9.17, 15) is 9.90 Å². The number of aliphatic hydroxyl groups is 1. The Morgan fingerprint density at radius 1 is 1.29 bits per heavy atom. The highest BCUT2D eigenvalue weighted by molar-refractivity contribution is 5.78. The Labute approximate surface area is 105 Å². The van der Waals surface area contributed by atoms with E-state index in [4.69, 9.17) is 5.73 Å². The van der Waals surface area contributed by atoms with E-state index in [2.05, 4.69) is 5.32 Å². The Kier molecular flexibility index (Phi) is 9.09. The monoisotopic (exact) mass is 244 g/mol. The van der Waals surface area contributed by atoms with Crippen LogP contribution in [0.4, 0.5) is 0 Å². The molecule has 0 aliphatic rings. The number of nitrogens with two attached hydrogens (primary N) is 1. The standard InChI is InChI=1S/C13H28N2O2/c1-4-12(16)8-9-15-13(17)10(2)6-5-7-11(3)14/h10-12,16H,4-9,14H2,1-3H3,(H,15,17). The molecule has 0 radical (unpaired) electrons. The summed E-state index contributed by atoms with van der Waals surface area (Å²) in [5.41, 5.74) is 5.66. The van der Waals surface area contributed by atoms with Gasteiger partial charge in [-0.1, -0.05) is 20.3 Å². The summed E-state index contributed by atoms with van der Waals surface area (Å²) >= 11 is 0. The average Bonchev–Trinajstić information content (AvgIpc) is 2.27. The molecule has 0 saturated carbocycles. The van der Waals surface area contributed by atoms with Crippen LogP contribution in [0.1, 0.15) is 52.9 Å². The van der Waals surface area contributed by atoms with Crippen LogP contribution in [0.3, 0.4) is 0 Å². The van der Waals surface area contributed by atoms with Crippen LogP contribution < -0.4 is 11.1 Å². The van der Waals surface area contributed by atoms with Crippen molar-refractivity contribution in [3.8, 4) is 0 Å². The van der Waals surface area contributed by atoms with Crippen LogP contribution in [0, 0.1) is 5.92 Å². The lowest BCUT2D eigenvalue weighted by atomic mass is 10.0. The first-order valence-electron chi connectivity index (χ1n) is 6.68. The molecule has 1 amide bonds. The smallest absolute Gasteiger partial charge is 0.222 e. The van der Waals surface area contributed by atoms with Crippen LogP contribution >= 0.6 is 0 Å². The highest BCUT2D eigenvalue weighted by Crippen LogP contribution is 2.09. The van der Waals surface area contributed by atoms with Crippen molar-refractivity contribution in [2.24, 2.45) is 11.7 Å². The zero-order valence-corrected chi connectivity index (χ0v) is 11.4. The Hall–Kier alpha value is -0.610. The van der Waals surface area contributed by atoms with E-state index >= 15 is 0 Å². The van der Waals surface area contributed by atoms with E-state index in [-0.39, 0.29) is 24.0 Å². The molecular weight excluding hydrogens is 216 g/mol. The molecule has 3 atom stereocenters. The molecule has 0 aromatic carbocycles. The van der Waals surface area contributed by atoms with Gasteiger partial charge in [-0.2, -0.15) is 0 Å². The molecule has 102 valence electrons. The first kappa shape index (κ1) is 16.4. The molecule has 0 aromatic heterocycles. The van der Waals surface area contributed by atoms with Gasteiger partial charge in [0.1, 0.15) is 0 Å². The minimum atomic E-state index is -0.302. The van der Waals surface area contributed by atoms with Gasteiger partial charge in [0.25, 0.3) is 0 Å². The molecule has 0 aromatic rings. The number of carbonyl (C=O) groups excluding carboxylic acids is 1. The van der Waals surface area contributed by atoms with E-state index in [0.717, 1.165) is 25.7 Å². The van der Waals surface area contributed by atoms with Gasteiger partial charge in [0.2, 0.25) is 5.91 Å². The molecule has 17 heavy (non-hydrogen) atoms. The Morgan fingerprint density at radius 3 is 2.47 bits per heavy atom. The highest BCUT2D eigenvalue weighted by Gasteiger charge is 2.12. The van der Waals surface area contributed by atoms with Gasteiger partial charge in [0, 0.05) is 18.5 Å². The maximum Gasteiger partial charge on any atom is 0.222 e. The van der Waals surface area contributed by atoms with Crippen LogP contribution in [0.5, 0.6) is 0 Å². The third-order valence-electron chi connectivity index (χ3n) is 2.99. The molecule has 0 heterocycles. The van der Waals surface area contributed by atoms with Crippen LogP contribution in [0.2, 0.25) is 0 Å². The molecule has 0 bridgehead atoms. The minimum absolute atomic E-state index is 0.0347. The topological polar surface area (TPSA) is 75.3 Å². The van der Waals surface area contributed by atoms with E-state index in [1.807, 2.05) is 20.8 Å². The zero-order valence-electron chi connectivity index (χ0n) is 11.4. The molecule has 4 N–H and O–H groups in total. The third-order valence-corrected chi connectivity index (χ3v) is 2.99. The lowest BCUT2D eigenvalue weighted by Crippen LogP contribution is -2.31. The third kappa shape index (κ3) is 9.12. The number of rotatable bonds is 9. The van der Waals surface area contributed by atoms with Crippen molar-refractivity contribution >= 4 is 5.91 Å². The molecule has 0 fully saturated rings. The predicted octanol–water partition coefficient (Wildman–Crippen LogP) is 1.42. The zero-order chi connectivity index (χ0) is 13.3. The summed E-state index contributed by atoms with van der Waals surface area (Å²) in [5, 5.41) is 12.2. The van der Waals surface area contributed by atoms with Crippen molar-refractivity contribution in [2.45, 2.75) is 65.0 Å². The highest BCUT2D eigenvalue weighted by atomic mass is 16.3. The summed E-state index contributed by atoms with van der Waals surface area (Å²) in [6, 6.07) is 0.213. The molecule has 0 spiro atoms. The van der Waals surface area contributed by atoms with Gasteiger partial charge in [-0.05, 0) is 32.6 Å². The summed E-state index contributed by atoms with van der Waals surface area (Å²) in [7, 11) is 0. The number of amides is 1. The van der Waals surface area contributed by atoms with E-state index in [1.165, 1.54) is 0 Å². The molecule has 3 unspecified atom stereocenters. The van der Waals surface area contributed by atoms with Crippen molar-refractivity contribution in [3.05, 3.63) is 0 Å². The second kappa shape index (κ2) is 9.42. The first-order valence-corrected chi connectivity index (χ1v) is 6.68. The summed E-state index contributed by atoms with van der Waals surface area (Å²) in [4.78, 5) is 11.7. The summed E-state index contributed by atoms with van der Waals surface area (Å²) in [6.07, 6.45) is 3.90. The molecule has 0 rings (SSSR count). The van der Waals surface area contributed by atoms with Crippen molar-refractivity contribution in [2.75, 3.05) is 6.54 Å². The van der Waals surface area contributed by atoms with Gasteiger partial charge in [0.05, 0.1) is 6.10 Å². The summed E-state index contributed by atoms with van der Waals surface area (Å²) in [6.45, 7) is 6.41. The first-order chi connectivity index (χ1) is 7.97. The quantitative estimate of drug-likeness (QED) is 0.574. The van der Waals surface area contributed by atoms with Gasteiger partial charge >= 0.3 is 0 Å². The fourth-order valence-electron chi connectivity index (χ4n) is 1.62. The lowest BCUT2D eigenvalue weighted by molar-refractivity contribution is -0.124. The number of hydrogen-bond donors (Lipinski definition) is 3. The van der Waals surface area contributed by atoms with E-state index in [1.54, 1.807) is 0 Å². The number of carbonyl (C=O) groups is 1. The van der Waals surface area contributed by atoms with Crippen molar-refractivity contribution in [1.82, 2.24) is 5.32 Å². The summed E-state index contributed by atoms with van der Waals surface area (Å²) in [5.74, 6) is 0.116. The number of nitrogens with one attached hydrogen (secondary N) is 1. The largest absolute Gasteiger partial charge is 0.393 e. The maximum absolute atomic E-state index is 11.7. The fourth-order valence-corrected chi connectivity index (χ4v) is 1.62. The minimum Gasteiger partial charge on any atom is -0.393 e. The second-order valence-corrected chi connectivity index (χ2v) is 4.95. The average molecular weight is 244 g/mol. The van der Waals surface area contributed by atoms with E-state index in [0.29, 0.717) is 13.0 Å². The second-order valence-electron chi connectivity index (χ2n) is 4.95. The summed E-state index contributed by atoms with van der Waals surface area (Å²) < 4.78 is 0. The molecule has 0 aliphatic carbocycles. The van der Waals surface area contributed by atoms with Crippen molar-refractivity contribution in [3.63, 3.8) is 0 Å². The maximum atomic E-state index is 11.7. The Balaban J connectivity index is 3.60. The van der Waals surface area contributed by atoms with Gasteiger partial charge in [0.15, 0.2) is 0 Å². The molecular formula is C13H28N2O2. The molecule has 0 aliphatic heterocycles. The van der Waals surface area contributed by atoms with Crippen LogP contribution in [-0.2, 0) is 4.79 Å². The Bertz CT molecular complexity index is 208. The molecule has 0 saturated heterocycles. The van der Waals surface area contributed by atoms with Gasteiger partial charge < -0.3 is 16.2 Å². The molecule has 4 heteroatoms.